The van der Waals surface area contributed by atoms with Crippen LogP contribution in [0.3, 0.4) is 0 Å². The first-order valence-corrected chi connectivity index (χ1v) is 9.17. The molecule has 1 aliphatic carbocycles. The number of amidine groups is 1. The lowest BCUT2D eigenvalue weighted by atomic mass is 9.90. The summed E-state index contributed by atoms with van der Waals surface area (Å²) in [6, 6.07) is 5.12. The molecule has 1 fully saturated rings. The van der Waals surface area contributed by atoms with E-state index in [-0.39, 0.29) is 12.6 Å². The third-order valence-electron chi connectivity index (χ3n) is 4.47. The number of alkyl halides is 1. The molecule has 7 nitrogen and oxygen atoms in total. The van der Waals surface area contributed by atoms with Crippen molar-refractivity contribution in [1.29, 1.82) is 0 Å². The summed E-state index contributed by atoms with van der Waals surface area (Å²) in [5, 5.41) is 0. The Balaban J connectivity index is 1.76. The van der Waals surface area contributed by atoms with Crippen LogP contribution in [0.2, 0.25) is 0 Å². The van der Waals surface area contributed by atoms with Crippen molar-refractivity contribution in [2.24, 2.45) is 10.7 Å². The topological polar surface area (TPSA) is 100 Å². The van der Waals surface area contributed by atoms with Crippen LogP contribution in [0.1, 0.15) is 24.8 Å². The van der Waals surface area contributed by atoms with Gasteiger partial charge in [0.25, 0.3) is 11.9 Å². The predicted octanol–water partition coefficient (Wildman–Crippen LogP) is 2.43. The van der Waals surface area contributed by atoms with E-state index in [9.17, 15) is 9.59 Å². The number of ether oxygens (including phenoxy) is 3. The van der Waals surface area contributed by atoms with E-state index in [4.69, 9.17) is 19.9 Å². The number of carbonyl (C=O) groups excluding carboxylic acids is 2. The van der Waals surface area contributed by atoms with Gasteiger partial charge in [-0.05, 0) is 31.4 Å². The Hall–Kier alpha value is -1.61. The Kier molecular flexibility index (Phi) is 4.80. The van der Waals surface area contributed by atoms with Gasteiger partial charge in [0, 0.05) is 10.0 Å². The molecule has 0 radical (unpaired) electrons. The summed E-state index contributed by atoms with van der Waals surface area (Å²) < 4.78 is 15.5. The molecule has 1 heterocycles. The van der Waals surface area contributed by atoms with Gasteiger partial charge in [-0.15, -0.1) is 0 Å². The molecule has 25 heavy (non-hydrogen) atoms. The second-order valence-corrected chi connectivity index (χ2v) is 8.08. The fourth-order valence-corrected chi connectivity index (χ4v) is 4.44. The standard InChI is InChI=1S/C16H16Br2N2O5/c1-23-10-4-3-9(11(17)7-10)8-24-13(22)15(18)5-2-6-16(15)12(21)20-14(19)25-16/h3-4,7H,2,5-6,8H2,1H3,(H2,19,20,21). The summed E-state index contributed by atoms with van der Waals surface area (Å²) in [6.07, 6.45) is 1.36. The molecule has 1 aromatic carbocycles. The number of rotatable bonds is 4. The highest BCUT2D eigenvalue weighted by Crippen LogP contribution is 2.51. The number of amides is 1. The fourth-order valence-electron chi connectivity index (χ4n) is 3.12. The smallest absolute Gasteiger partial charge is 0.327 e. The van der Waals surface area contributed by atoms with Crippen molar-refractivity contribution in [1.82, 2.24) is 0 Å². The number of halogens is 2. The number of benzene rings is 1. The van der Waals surface area contributed by atoms with Gasteiger partial charge >= 0.3 is 5.97 Å². The van der Waals surface area contributed by atoms with Crippen LogP contribution in [0.4, 0.5) is 0 Å². The van der Waals surface area contributed by atoms with Gasteiger partial charge in [0.15, 0.2) is 4.32 Å². The van der Waals surface area contributed by atoms with Gasteiger partial charge < -0.3 is 19.9 Å². The van der Waals surface area contributed by atoms with Crippen molar-refractivity contribution in [2.75, 3.05) is 7.11 Å². The zero-order chi connectivity index (χ0) is 18.2. The van der Waals surface area contributed by atoms with E-state index in [0.29, 0.717) is 25.0 Å². The van der Waals surface area contributed by atoms with Crippen LogP contribution in [0, 0.1) is 0 Å². The molecule has 0 bridgehead atoms. The Morgan fingerprint density at radius 1 is 1.44 bits per heavy atom. The number of nitrogens with zero attached hydrogens (tertiary/aromatic N) is 1. The minimum Gasteiger partial charge on any atom is -0.497 e. The van der Waals surface area contributed by atoms with E-state index < -0.39 is 21.8 Å². The van der Waals surface area contributed by atoms with Crippen molar-refractivity contribution in [3.05, 3.63) is 28.2 Å². The second-order valence-electron chi connectivity index (χ2n) is 5.87. The highest BCUT2D eigenvalue weighted by molar-refractivity contribution is 9.10. The number of esters is 1. The van der Waals surface area contributed by atoms with E-state index in [1.54, 1.807) is 25.3 Å². The summed E-state index contributed by atoms with van der Waals surface area (Å²) in [5.74, 6) is -0.445. The lowest BCUT2D eigenvalue weighted by molar-refractivity contribution is -0.156. The van der Waals surface area contributed by atoms with Crippen LogP contribution in [0.15, 0.2) is 27.7 Å². The Morgan fingerprint density at radius 3 is 2.80 bits per heavy atom. The van der Waals surface area contributed by atoms with Crippen LogP contribution in [-0.2, 0) is 25.7 Å². The zero-order valence-electron chi connectivity index (χ0n) is 13.4. The van der Waals surface area contributed by atoms with E-state index in [0.717, 1.165) is 10.0 Å². The van der Waals surface area contributed by atoms with Gasteiger partial charge in [0.05, 0.1) is 7.11 Å². The lowest BCUT2D eigenvalue weighted by Crippen LogP contribution is -2.56. The summed E-state index contributed by atoms with van der Waals surface area (Å²) in [7, 11) is 1.57. The molecule has 1 aromatic rings. The Labute approximate surface area is 161 Å². The number of hydrogen-bond acceptors (Lipinski definition) is 6. The van der Waals surface area contributed by atoms with Crippen LogP contribution >= 0.6 is 31.9 Å². The van der Waals surface area contributed by atoms with Gasteiger partial charge in [0.2, 0.25) is 5.60 Å². The highest BCUT2D eigenvalue weighted by Gasteiger charge is 2.68. The summed E-state index contributed by atoms with van der Waals surface area (Å²) in [4.78, 5) is 28.7. The molecule has 1 amide bonds. The zero-order valence-corrected chi connectivity index (χ0v) is 16.6. The number of carbonyl (C=O) groups is 2. The predicted molar refractivity (Wildman–Crippen MR) is 96.4 cm³/mol. The second kappa shape index (κ2) is 6.60. The minimum atomic E-state index is -1.43. The number of hydrogen-bond donors (Lipinski definition) is 1. The van der Waals surface area contributed by atoms with Crippen molar-refractivity contribution in [3.63, 3.8) is 0 Å². The van der Waals surface area contributed by atoms with Gasteiger partial charge in [0.1, 0.15) is 12.4 Å². The van der Waals surface area contributed by atoms with Crippen LogP contribution < -0.4 is 10.5 Å². The Morgan fingerprint density at radius 2 is 2.20 bits per heavy atom. The molecule has 1 spiro atoms. The monoisotopic (exact) mass is 474 g/mol. The molecule has 2 aliphatic rings. The third-order valence-corrected chi connectivity index (χ3v) is 6.57. The average Bonchev–Trinajstić information content (AvgIpc) is 3.06. The molecule has 3 rings (SSSR count). The maximum atomic E-state index is 12.8. The quantitative estimate of drug-likeness (QED) is 0.530. The van der Waals surface area contributed by atoms with Crippen LogP contribution in [0.25, 0.3) is 0 Å². The average molecular weight is 476 g/mol. The third kappa shape index (κ3) is 2.93. The fraction of sp³-hybridized carbons (Fsp3) is 0.438. The number of methoxy groups -OCH3 is 1. The molecule has 2 unspecified atom stereocenters. The van der Waals surface area contributed by atoms with Gasteiger partial charge in [-0.1, -0.05) is 37.9 Å². The molecule has 1 aliphatic heterocycles. The van der Waals surface area contributed by atoms with Crippen molar-refractivity contribution in [2.45, 2.75) is 35.8 Å². The summed E-state index contributed by atoms with van der Waals surface area (Å²) in [6.45, 7) is 0.0391. The summed E-state index contributed by atoms with van der Waals surface area (Å²) in [5.41, 5.74) is 4.87. The summed E-state index contributed by atoms with van der Waals surface area (Å²) >= 11 is 6.81. The molecular formula is C16H16Br2N2O5. The van der Waals surface area contributed by atoms with Crippen molar-refractivity contribution >= 4 is 49.8 Å². The largest absolute Gasteiger partial charge is 0.497 e. The first kappa shape index (κ1) is 18.2. The normalized spacial score (nSPS) is 28.0. The maximum absolute atomic E-state index is 12.8. The lowest BCUT2D eigenvalue weighted by Gasteiger charge is -2.33. The molecule has 0 aromatic heterocycles. The molecule has 1 saturated carbocycles. The van der Waals surface area contributed by atoms with Gasteiger partial charge in [-0.25, -0.2) is 0 Å². The van der Waals surface area contributed by atoms with Crippen molar-refractivity contribution < 1.29 is 23.8 Å². The molecule has 134 valence electrons. The SMILES string of the molecule is COc1ccc(COC(=O)C2(Br)CCCC23OC(N)=NC3=O)c(Br)c1. The van der Waals surface area contributed by atoms with Gasteiger partial charge in [-0.2, -0.15) is 4.99 Å². The van der Waals surface area contributed by atoms with Gasteiger partial charge in [-0.3, -0.25) is 9.59 Å². The molecule has 2 N–H and O–H groups in total. The molecular weight excluding hydrogens is 460 g/mol. The molecule has 0 saturated heterocycles. The number of aliphatic imine (C=N–C) groups is 1. The van der Waals surface area contributed by atoms with Crippen LogP contribution in [-0.4, -0.2) is 34.9 Å². The minimum absolute atomic E-state index is 0.0391. The van der Waals surface area contributed by atoms with E-state index in [2.05, 4.69) is 36.9 Å². The van der Waals surface area contributed by atoms with E-state index >= 15 is 0 Å². The van der Waals surface area contributed by atoms with E-state index in [1.165, 1.54) is 0 Å². The van der Waals surface area contributed by atoms with Crippen molar-refractivity contribution in [3.8, 4) is 5.75 Å². The highest BCUT2D eigenvalue weighted by atomic mass is 79.9. The maximum Gasteiger partial charge on any atom is 0.327 e. The van der Waals surface area contributed by atoms with E-state index in [1.807, 2.05) is 0 Å². The number of nitrogens with two attached hydrogens (primary N) is 1. The van der Waals surface area contributed by atoms with Crippen LogP contribution in [0.5, 0.6) is 5.75 Å². The Bertz CT molecular complexity index is 769. The molecule has 9 heteroatoms. The first-order chi connectivity index (χ1) is 11.8. The molecule has 2 atom stereocenters. The first-order valence-electron chi connectivity index (χ1n) is 7.58.